The number of anilines is 1. The van der Waals surface area contributed by atoms with Gasteiger partial charge in [0.05, 0.1) is 10.0 Å². The average Bonchev–Trinajstić information content (AvgIpc) is 2.41. The first-order valence-electron chi connectivity index (χ1n) is 6.02. The number of aryl methyl sites for hydroxylation is 1. The normalized spacial score (nSPS) is 10.3. The molecule has 2 aromatic carbocycles. The quantitative estimate of drug-likeness (QED) is 0.795. The van der Waals surface area contributed by atoms with E-state index in [1.807, 2.05) is 19.1 Å². The number of carbonyl (C=O) groups is 1. The van der Waals surface area contributed by atoms with Crippen molar-refractivity contribution in [2.24, 2.45) is 0 Å². The molecule has 104 valence electrons. The molecule has 0 amide bonds. The summed E-state index contributed by atoms with van der Waals surface area (Å²) < 4.78 is 0.632. The predicted molar refractivity (Wildman–Crippen MR) is 81.3 cm³/mol. The first kappa shape index (κ1) is 14.4. The van der Waals surface area contributed by atoms with Gasteiger partial charge in [0.1, 0.15) is 5.75 Å². The van der Waals surface area contributed by atoms with E-state index in [4.69, 9.17) is 5.11 Å². The molecule has 0 aromatic heterocycles. The SMILES string of the molecule is Cc1ccc(C(=O)O)cc1NCc1ccc(O)c(Br)c1. The van der Waals surface area contributed by atoms with E-state index < -0.39 is 5.97 Å². The maximum atomic E-state index is 11.0. The molecule has 0 spiro atoms. The molecule has 0 unspecified atom stereocenters. The fourth-order valence-electron chi connectivity index (χ4n) is 1.80. The van der Waals surface area contributed by atoms with E-state index >= 15 is 0 Å². The van der Waals surface area contributed by atoms with Crippen LogP contribution in [0.25, 0.3) is 0 Å². The number of halogens is 1. The van der Waals surface area contributed by atoms with Gasteiger partial charge in [0.25, 0.3) is 0 Å². The Bertz CT molecular complexity index is 656. The molecule has 0 aliphatic heterocycles. The number of nitrogens with one attached hydrogen (secondary N) is 1. The number of carboxylic acids is 1. The molecule has 20 heavy (non-hydrogen) atoms. The van der Waals surface area contributed by atoms with E-state index in [1.165, 1.54) is 0 Å². The number of aromatic carboxylic acids is 1. The van der Waals surface area contributed by atoms with Crippen LogP contribution in [-0.4, -0.2) is 16.2 Å². The van der Waals surface area contributed by atoms with Gasteiger partial charge in [-0.15, -0.1) is 0 Å². The molecule has 0 saturated heterocycles. The molecule has 5 heteroatoms. The van der Waals surface area contributed by atoms with Crippen molar-refractivity contribution in [3.63, 3.8) is 0 Å². The second-order valence-electron chi connectivity index (χ2n) is 4.47. The van der Waals surface area contributed by atoms with Crippen LogP contribution >= 0.6 is 15.9 Å². The number of phenols is 1. The summed E-state index contributed by atoms with van der Waals surface area (Å²) in [6.45, 7) is 2.46. The van der Waals surface area contributed by atoms with E-state index in [0.29, 0.717) is 11.0 Å². The van der Waals surface area contributed by atoms with Crippen molar-refractivity contribution in [3.8, 4) is 5.75 Å². The Labute approximate surface area is 125 Å². The number of aromatic hydroxyl groups is 1. The minimum absolute atomic E-state index is 0.192. The second kappa shape index (κ2) is 5.96. The average molecular weight is 336 g/mol. The molecule has 2 rings (SSSR count). The number of hydrogen-bond acceptors (Lipinski definition) is 3. The molecule has 0 saturated carbocycles. The highest BCUT2D eigenvalue weighted by molar-refractivity contribution is 9.10. The van der Waals surface area contributed by atoms with Crippen molar-refractivity contribution in [2.75, 3.05) is 5.32 Å². The maximum Gasteiger partial charge on any atom is 0.335 e. The van der Waals surface area contributed by atoms with Crippen molar-refractivity contribution in [1.29, 1.82) is 0 Å². The van der Waals surface area contributed by atoms with Gasteiger partial charge in [0, 0.05) is 12.2 Å². The minimum atomic E-state index is -0.944. The zero-order valence-electron chi connectivity index (χ0n) is 10.9. The summed E-state index contributed by atoms with van der Waals surface area (Å²) in [5, 5.41) is 21.6. The third-order valence-corrected chi connectivity index (χ3v) is 3.61. The number of rotatable bonds is 4. The fourth-order valence-corrected chi connectivity index (χ4v) is 2.23. The van der Waals surface area contributed by atoms with E-state index in [0.717, 1.165) is 16.8 Å². The van der Waals surface area contributed by atoms with Crippen LogP contribution in [0.5, 0.6) is 5.75 Å². The molecular weight excluding hydrogens is 322 g/mol. The lowest BCUT2D eigenvalue weighted by Gasteiger charge is -2.11. The van der Waals surface area contributed by atoms with Crippen molar-refractivity contribution in [3.05, 3.63) is 57.6 Å². The smallest absolute Gasteiger partial charge is 0.335 e. The molecule has 0 atom stereocenters. The lowest BCUT2D eigenvalue weighted by Crippen LogP contribution is -2.03. The van der Waals surface area contributed by atoms with Crippen LogP contribution in [0, 0.1) is 6.92 Å². The molecule has 0 fully saturated rings. The summed E-state index contributed by atoms with van der Waals surface area (Å²) >= 11 is 3.26. The highest BCUT2D eigenvalue weighted by atomic mass is 79.9. The van der Waals surface area contributed by atoms with Crippen LogP contribution < -0.4 is 5.32 Å². The van der Waals surface area contributed by atoms with Crippen LogP contribution in [0.1, 0.15) is 21.5 Å². The van der Waals surface area contributed by atoms with Crippen LogP contribution in [0.2, 0.25) is 0 Å². The molecule has 0 aliphatic carbocycles. The third kappa shape index (κ3) is 3.30. The van der Waals surface area contributed by atoms with E-state index in [-0.39, 0.29) is 11.3 Å². The van der Waals surface area contributed by atoms with E-state index in [2.05, 4.69) is 21.2 Å². The lowest BCUT2D eigenvalue weighted by molar-refractivity contribution is 0.0697. The largest absolute Gasteiger partial charge is 0.507 e. The maximum absolute atomic E-state index is 11.0. The third-order valence-electron chi connectivity index (χ3n) is 2.98. The Morgan fingerprint density at radius 2 is 2.00 bits per heavy atom. The number of phenolic OH excluding ortho intramolecular Hbond substituents is 1. The summed E-state index contributed by atoms with van der Waals surface area (Å²) in [5.41, 5.74) is 3.00. The zero-order valence-corrected chi connectivity index (χ0v) is 12.4. The molecule has 4 nitrogen and oxygen atoms in total. The summed E-state index contributed by atoms with van der Waals surface area (Å²) in [6.07, 6.45) is 0. The Hall–Kier alpha value is -2.01. The summed E-state index contributed by atoms with van der Waals surface area (Å²) in [6, 6.07) is 10.2. The van der Waals surface area contributed by atoms with Gasteiger partial charge < -0.3 is 15.5 Å². The number of benzene rings is 2. The standard InChI is InChI=1S/C15H14BrNO3/c1-9-2-4-11(15(19)20)7-13(9)17-8-10-3-5-14(18)12(16)6-10/h2-7,17-18H,8H2,1H3,(H,19,20). The van der Waals surface area contributed by atoms with E-state index in [9.17, 15) is 9.90 Å². The summed E-state index contributed by atoms with van der Waals surface area (Å²) in [4.78, 5) is 11.0. The molecule has 3 N–H and O–H groups in total. The first-order chi connectivity index (χ1) is 9.47. The topological polar surface area (TPSA) is 69.6 Å². The van der Waals surface area contributed by atoms with Gasteiger partial charge in [-0.2, -0.15) is 0 Å². The molecule has 0 aliphatic rings. The highest BCUT2D eigenvalue weighted by Gasteiger charge is 2.06. The summed E-state index contributed by atoms with van der Waals surface area (Å²) in [7, 11) is 0. The second-order valence-corrected chi connectivity index (χ2v) is 5.33. The Morgan fingerprint density at radius 3 is 2.65 bits per heavy atom. The van der Waals surface area contributed by atoms with Crippen molar-refractivity contribution < 1.29 is 15.0 Å². The Morgan fingerprint density at radius 1 is 1.25 bits per heavy atom. The number of carboxylic acid groups (broad SMARTS) is 1. The van der Waals surface area contributed by atoms with Crippen molar-refractivity contribution in [1.82, 2.24) is 0 Å². The van der Waals surface area contributed by atoms with Crippen LogP contribution in [0.15, 0.2) is 40.9 Å². The van der Waals surface area contributed by atoms with Gasteiger partial charge in [-0.1, -0.05) is 12.1 Å². The van der Waals surface area contributed by atoms with Crippen LogP contribution in [-0.2, 0) is 6.54 Å². The van der Waals surface area contributed by atoms with Crippen LogP contribution in [0.4, 0.5) is 5.69 Å². The highest BCUT2D eigenvalue weighted by Crippen LogP contribution is 2.25. The molecule has 0 bridgehead atoms. The zero-order chi connectivity index (χ0) is 14.7. The summed E-state index contributed by atoms with van der Waals surface area (Å²) in [5.74, 6) is -0.752. The van der Waals surface area contributed by atoms with Gasteiger partial charge >= 0.3 is 5.97 Å². The monoisotopic (exact) mass is 335 g/mol. The van der Waals surface area contributed by atoms with Crippen molar-refractivity contribution >= 4 is 27.6 Å². The van der Waals surface area contributed by atoms with E-state index in [1.54, 1.807) is 24.3 Å². The minimum Gasteiger partial charge on any atom is -0.507 e. The number of hydrogen-bond donors (Lipinski definition) is 3. The van der Waals surface area contributed by atoms with Gasteiger partial charge in [0.15, 0.2) is 0 Å². The molecule has 0 heterocycles. The van der Waals surface area contributed by atoms with Gasteiger partial charge in [0.2, 0.25) is 0 Å². The molecule has 0 radical (unpaired) electrons. The van der Waals surface area contributed by atoms with Crippen molar-refractivity contribution in [2.45, 2.75) is 13.5 Å². The fraction of sp³-hybridized carbons (Fsp3) is 0.133. The lowest BCUT2D eigenvalue weighted by atomic mass is 10.1. The van der Waals surface area contributed by atoms with Gasteiger partial charge in [-0.3, -0.25) is 0 Å². The Kier molecular flexibility index (Phi) is 4.29. The first-order valence-corrected chi connectivity index (χ1v) is 6.82. The van der Waals surface area contributed by atoms with Crippen LogP contribution in [0.3, 0.4) is 0 Å². The molecule has 2 aromatic rings. The van der Waals surface area contributed by atoms with Gasteiger partial charge in [-0.25, -0.2) is 4.79 Å². The van der Waals surface area contributed by atoms with Gasteiger partial charge in [-0.05, 0) is 58.2 Å². The Balaban J connectivity index is 2.15. The predicted octanol–water partition coefficient (Wildman–Crippen LogP) is 3.77. The molecular formula is C15H14BrNO3.